The molecule has 2 rings (SSSR count). The molecular weight excluding hydrogens is 318 g/mol. The molecule has 0 amide bonds. The van der Waals surface area contributed by atoms with Gasteiger partial charge in [0.1, 0.15) is 18.5 Å². The molecule has 0 aromatic heterocycles. The highest BCUT2D eigenvalue weighted by Gasteiger charge is 2.23. The second-order valence-corrected chi connectivity index (χ2v) is 6.64. The summed E-state index contributed by atoms with van der Waals surface area (Å²) in [7, 11) is 0. The second kappa shape index (κ2) is 7.43. The first-order valence-corrected chi connectivity index (χ1v) is 8.16. The van der Waals surface area contributed by atoms with Gasteiger partial charge in [0.05, 0.1) is 4.47 Å². The maximum absolute atomic E-state index is 9.97. The lowest BCUT2D eigenvalue weighted by molar-refractivity contribution is 0.0978. The molecule has 1 saturated carbocycles. The molecule has 0 aliphatic heterocycles. The van der Waals surface area contributed by atoms with Crippen LogP contribution in [0.25, 0.3) is 0 Å². The Morgan fingerprint density at radius 1 is 1.45 bits per heavy atom. The Morgan fingerprint density at radius 2 is 2.20 bits per heavy atom. The fourth-order valence-electron chi connectivity index (χ4n) is 2.40. The van der Waals surface area contributed by atoms with E-state index in [1.54, 1.807) is 0 Å². The van der Waals surface area contributed by atoms with E-state index in [0.717, 1.165) is 16.1 Å². The van der Waals surface area contributed by atoms with E-state index in [1.165, 1.54) is 24.8 Å². The van der Waals surface area contributed by atoms with E-state index in [-0.39, 0.29) is 0 Å². The van der Waals surface area contributed by atoms with Crippen molar-refractivity contribution in [3.05, 3.63) is 28.2 Å². The molecule has 1 aliphatic carbocycles. The first kappa shape index (κ1) is 15.8. The van der Waals surface area contributed by atoms with Crippen LogP contribution in [0.5, 0.6) is 5.75 Å². The third-order valence-electron chi connectivity index (χ3n) is 4.05. The Labute approximate surface area is 129 Å². The number of halogens is 1. The minimum absolute atomic E-state index is 0.312. The smallest absolute Gasteiger partial charge is 0.133 e. The van der Waals surface area contributed by atoms with E-state index >= 15 is 0 Å². The van der Waals surface area contributed by atoms with Gasteiger partial charge in [-0.05, 0) is 66.2 Å². The zero-order valence-corrected chi connectivity index (χ0v) is 13.8. The van der Waals surface area contributed by atoms with Crippen LogP contribution in [0.15, 0.2) is 22.7 Å². The topological polar surface area (TPSA) is 41.5 Å². The van der Waals surface area contributed by atoms with Gasteiger partial charge < -0.3 is 15.2 Å². The van der Waals surface area contributed by atoms with Crippen LogP contribution >= 0.6 is 15.9 Å². The first-order valence-electron chi connectivity index (χ1n) is 7.36. The van der Waals surface area contributed by atoms with Gasteiger partial charge in [-0.15, -0.1) is 0 Å². The van der Waals surface area contributed by atoms with E-state index in [0.29, 0.717) is 19.2 Å². The Kier molecular flexibility index (Phi) is 5.87. The molecule has 0 radical (unpaired) electrons. The number of hydrogen-bond donors (Lipinski definition) is 2. The molecule has 1 aromatic carbocycles. The van der Waals surface area contributed by atoms with E-state index in [2.05, 4.69) is 28.2 Å². The summed E-state index contributed by atoms with van der Waals surface area (Å²) in [6.07, 6.45) is 3.50. The number of aliphatic hydroxyl groups is 1. The van der Waals surface area contributed by atoms with Crippen molar-refractivity contribution < 1.29 is 9.84 Å². The van der Waals surface area contributed by atoms with Crippen LogP contribution in [0.1, 0.15) is 31.7 Å². The van der Waals surface area contributed by atoms with Crippen LogP contribution in [0, 0.1) is 12.8 Å². The minimum atomic E-state index is -0.481. The summed E-state index contributed by atoms with van der Waals surface area (Å²) in [5.74, 6) is 1.57. The fraction of sp³-hybridized carbons (Fsp3) is 0.625. The van der Waals surface area contributed by atoms with Crippen LogP contribution in [-0.4, -0.2) is 30.4 Å². The van der Waals surface area contributed by atoms with Crippen LogP contribution in [0.3, 0.4) is 0 Å². The van der Waals surface area contributed by atoms with Crippen LogP contribution in [0.2, 0.25) is 0 Å². The van der Waals surface area contributed by atoms with Crippen molar-refractivity contribution in [1.29, 1.82) is 0 Å². The minimum Gasteiger partial charge on any atom is -0.490 e. The van der Waals surface area contributed by atoms with Crippen molar-refractivity contribution in [3.63, 3.8) is 0 Å². The standard InChI is InChI=1S/C16H24BrNO2/c1-11-6-7-16(15(17)8-11)20-10-14(19)9-18-12(2)13-4-3-5-13/h6-8,12-14,18-19H,3-5,9-10H2,1-2H3. The molecule has 20 heavy (non-hydrogen) atoms. The number of ether oxygens (including phenoxy) is 1. The summed E-state index contributed by atoms with van der Waals surface area (Å²) >= 11 is 3.47. The summed E-state index contributed by atoms with van der Waals surface area (Å²) in [6.45, 7) is 5.14. The lowest BCUT2D eigenvalue weighted by Gasteiger charge is -2.32. The van der Waals surface area contributed by atoms with Crippen molar-refractivity contribution in [1.82, 2.24) is 5.32 Å². The lowest BCUT2D eigenvalue weighted by Crippen LogP contribution is -2.42. The average Bonchev–Trinajstić information content (AvgIpc) is 2.33. The zero-order chi connectivity index (χ0) is 14.5. The number of aliphatic hydroxyl groups excluding tert-OH is 1. The van der Waals surface area contributed by atoms with Crippen molar-refractivity contribution in [2.75, 3.05) is 13.2 Å². The normalized spacial score (nSPS) is 18.4. The molecule has 2 unspecified atom stereocenters. The molecule has 2 atom stereocenters. The van der Waals surface area contributed by atoms with E-state index in [1.807, 2.05) is 25.1 Å². The number of benzene rings is 1. The average molecular weight is 342 g/mol. The molecule has 0 spiro atoms. The summed E-state index contributed by atoms with van der Waals surface area (Å²) in [5.41, 5.74) is 1.18. The number of nitrogens with one attached hydrogen (secondary N) is 1. The van der Waals surface area contributed by atoms with Crippen molar-refractivity contribution in [2.24, 2.45) is 5.92 Å². The molecular formula is C16H24BrNO2. The van der Waals surface area contributed by atoms with Crippen LogP contribution in [-0.2, 0) is 0 Å². The van der Waals surface area contributed by atoms with E-state index in [9.17, 15) is 5.11 Å². The first-order chi connectivity index (χ1) is 9.56. The zero-order valence-electron chi connectivity index (χ0n) is 12.2. The molecule has 4 heteroatoms. The van der Waals surface area contributed by atoms with Crippen LogP contribution < -0.4 is 10.1 Å². The maximum Gasteiger partial charge on any atom is 0.133 e. The number of rotatable bonds is 7. The van der Waals surface area contributed by atoms with Gasteiger partial charge in [-0.1, -0.05) is 12.5 Å². The van der Waals surface area contributed by atoms with Gasteiger partial charge in [0.15, 0.2) is 0 Å². The molecule has 1 aromatic rings. The van der Waals surface area contributed by atoms with Gasteiger partial charge in [0.2, 0.25) is 0 Å². The van der Waals surface area contributed by atoms with Crippen molar-refractivity contribution >= 4 is 15.9 Å². The summed E-state index contributed by atoms with van der Waals surface area (Å²) in [4.78, 5) is 0. The van der Waals surface area contributed by atoms with E-state index < -0.39 is 6.10 Å². The SMILES string of the molecule is Cc1ccc(OCC(O)CNC(C)C2CCC2)c(Br)c1. The van der Waals surface area contributed by atoms with Crippen LogP contribution in [0.4, 0.5) is 0 Å². The summed E-state index contributed by atoms with van der Waals surface area (Å²) in [6, 6.07) is 6.43. The molecule has 112 valence electrons. The largest absolute Gasteiger partial charge is 0.490 e. The molecule has 0 saturated heterocycles. The maximum atomic E-state index is 9.97. The molecule has 0 heterocycles. The Hall–Kier alpha value is -0.580. The predicted octanol–water partition coefficient (Wildman–Crippen LogP) is 3.28. The van der Waals surface area contributed by atoms with Crippen molar-refractivity contribution in [2.45, 2.75) is 45.3 Å². The second-order valence-electron chi connectivity index (χ2n) is 5.79. The third kappa shape index (κ3) is 4.47. The monoisotopic (exact) mass is 341 g/mol. The van der Waals surface area contributed by atoms with Crippen molar-refractivity contribution in [3.8, 4) is 5.75 Å². The summed E-state index contributed by atoms with van der Waals surface area (Å²) < 4.78 is 6.58. The highest BCUT2D eigenvalue weighted by atomic mass is 79.9. The third-order valence-corrected chi connectivity index (χ3v) is 4.67. The molecule has 3 nitrogen and oxygen atoms in total. The summed E-state index contributed by atoms with van der Waals surface area (Å²) in [5, 5.41) is 13.4. The van der Waals surface area contributed by atoms with Gasteiger partial charge in [-0.2, -0.15) is 0 Å². The number of hydrogen-bond acceptors (Lipinski definition) is 3. The van der Waals surface area contributed by atoms with Gasteiger partial charge in [-0.25, -0.2) is 0 Å². The number of aryl methyl sites for hydroxylation is 1. The highest BCUT2D eigenvalue weighted by molar-refractivity contribution is 9.10. The van der Waals surface area contributed by atoms with Gasteiger partial charge in [0.25, 0.3) is 0 Å². The van der Waals surface area contributed by atoms with E-state index in [4.69, 9.17) is 4.74 Å². The quantitative estimate of drug-likeness (QED) is 0.799. The Bertz CT molecular complexity index is 434. The van der Waals surface area contributed by atoms with Gasteiger partial charge in [0, 0.05) is 12.6 Å². The predicted molar refractivity (Wildman–Crippen MR) is 85.2 cm³/mol. The van der Waals surface area contributed by atoms with Gasteiger partial charge in [-0.3, -0.25) is 0 Å². The Morgan fingerprint density at radius 3 is 2.80 bits per heavy atom. The molecule has 0 bridgehead atoms. The fourth-order valence-corrected chi connectivity index (χ4v) is 3.00. The lowest BCUT2D eigenvalue weighted by atomic mass is 9.80. The van der Waals surface area contributed by atoms with Gasteiger partial charge >= 0.3 is 0 Å². The highest BCUT2D eigenvalue weighted by Crippen LogP contribution is 2.29. The molecule has 1 aliphatic rings. The molecule has 1 fully saturated rings. The Balaban J connectivity index is 1.70. The molecule has 2 N–H and O–H groups in total.